The molecule has 0 aliphatic heterocycles. The van der Waals surface area contributed by atoms with Crippen LogP contribution in [-0.4, -0.2) is 30.4 Å². The molecule has 2 aromatic carbocycles. The van der Waals surface area contributed by atoms with Crippen LogP contribution in [0.15, 0.2) is 52.1 Å². The number of carboxylic acid groups (broad SMARTS) is 1. The van der Waals surface area contributed by atoms with Crippen molar-refractivity contribution in [3.63, 3.8) is 0 Å². The number of methoxy groups -OCH3 is 2. The number of nitrogens with zero attached hydrogens (tertiary/aromatic N) is 2. The quantitative estimate of drug-likeness (QED) is 0.584. The number of hydrogen-bond acceptors (Lipinski definition) is 8. The molecule has 7 nitrogen and oxygen atoms in total. The summed E-state index contributed by atoms with van der Waals surface area (Å²) in [4.78, 5) is 10.9. The Kier molecular flexibility index (Phi) is 5.43. The molecule has 8 heteroatoms. The van der Waals surface area contributed by atoms with Crippen LogP contribution in [0.1, 0.15) is 15.9 Å². The summed E-state index contributed by atoms with van der Waals surface area (Å²) >= 11 is 1.31. The second kappa shape index (κ2) is 7.92. The zero-order valence-corrected chi connectivity index (χ0v) is 14.9. The van der Waals surface area contributed by atoms with Gasteiger partial charge in [-0.05, 0) is 29.3 Å². The minimum atomic E-state index is -1.20. The Morgan fingerprint density at radius 3 is 2.50 bits per heavy atom. The predicted molar refractivity (Wildman–Crippen MR) is 93.2 cm³/mol. The first-order valence-corrected chi connectivity index (χ1v) is 8.57. The summed E-state index contributed by atoms with van der Waals surface area (Å²) in [6.45, 7) is 0. The summed E-state index contributed by atoms with van der Waals surface area (Å²) in [6.07, 6.45) is 0. The number of benzene rings is 2. The van der Waals surface area contributed by atoms with Crippen LogP contribution in [0.2, 0.25) is 0 Å². The Bertz CT molecular complexity index is 903. The van der Waals surface area contributed by atoms with Gasteiger partial charge in [-0.1, -0.05) is 30.0 Å². The summed E-state index contributed by atoms with van der Waals surface area (Å²) in [5, 5.41) is 19.3. The standard InChI is InChI=1S/C18H16N2O5S/c1-23-14-7-13(8-15(9-14)24-2)16-19-20-18(25-16)26-10-11-4-3-5-12(6-11)17(21)22/h3-9H,10H2,1-2H3,(H,21,22)/p-1. The molecule has 1 aromatic heterocycles. The van der Waals surface area contributed by atoms with Gasteiger partial charge in [0.25, 0.3) is 5.22 Å². The maximum atomic E-state index is 10.9. The number of carbonyl (C=O) groups excluding carboxylic acids is 1. The lowest BCUT2D eigenvalue weighted by molar-refractivity contribution is -0.255. The first kappa shape index (κ1) is 17.8. The molecule has 0 saturated carbocycles. The molecule has 134 valence electrons. The van der Waals surface area contributed by atoms with E-state index in [9.17, 15) is 9.90 Å². The minimum Gasteiger partial charge on any atom is -0.545 e. The number of aromatic carboxylic acids is 1. The molecule has 3 rings (SSSR count). The highest BCUT2D eigenvalue weighted by molar-refractivity contribution is 7.98. The fourth-order valence-electron chi connectivity index (χ4n) is 2.25. The normalized spacial score (nSPS) is 10.5. The topological polar surface area (TPSA) is 97.5 Å². The number of ether oxygens (including phenoxy) is 2. The Labute approximate surface area is 154 Å². The zero-order chi connectivity index (χ0) is 18.5. The van der Waals surface area contributed by atoms with Crippen LogP contribution in [0, 0.1) is 0 Å². The third kappa shape index (κ3) is 4.15. The van der Waals surface area contributed by atoms with Gasteiger partial charge in [0.15, 0.2) is 0 Å². The lowest BCUT2D eigenvalue weighted by Gasteiger charge is -2.06. The molecule has 1 heterocycles. The maximum Gasteiger partial charge on any atom is 0.277 e. The lowest BCUT2D eigenvalue weighted by atomic mass is 10.1. The third-order valence-corrected chi connectivity index (χ3v) is 4.42. The molecule has 0 N–H and O–H groups in total. The van der Waals surface area contributed by atoms with Crippen molar-refractivity contribution < 1.29 is 23.8 Å². The van der Waals surface area contributed by atoms with E-state index in [4.69, 9.17) is 13.9 Å². The van der Waals surface area contributed by atoms with Crippen molar-refractivity contribution in [2.24, 2.45) is 0 Å². The molecule has 3 aromatic rings. The van der Waals surface area contributed by atoms with Gasteiger partial charge >= 0.3 is 0 Å². The molecule has 0 aliphatic rings. The van der Waals surface area contributed by atoms with E-state index in [1.54, 1.807) is 44.6 Å². The largest absolute Gasteiger partial charge is 0.545 e. The molecular weight excluding hydrogens is 356 g/mol. The zero-order valence-electron chi connectivity index (χ0n) is 14.1. The van der Waals surface area contributed by atoms with Crippen LogP contribution in [0.3, 0.4) is 0 Å². The SMILES string of the molecule is COc1cc(OC)cc(-c2nnc(SCc3cccc(C(=O)[O-])c3)o2)c1. The van der Waals surface area contributed by atoms with Crippen molar-refractivity contribution in [3.8, 4) is 23.0 Å². The summed E-state index contributed by atoms with van der Waals surface area (Å²) in [5.41, 5.74) is 1.64. The summed E-state index contributed by atoms with van der Waals surface area (Å²) in [6, 6.07) is 11.8. The number of carboxylic acids is 1. The van der Waals surface area contributed by atoms with Crippen molar-refractivity contribution in [3.05, 3.63) is 53.6 Å². The highest BCUT2D eigenvalue weighted by Gasteiger charge is 2.12. The van der Waals surface area contributed by atoms with Crippen LogP contribution in [0.25, 0.3) is 11.5 Å². The van der Waals surface area contributed by atoms with Gasteiger partial charge in [0.1, 0.15) is 11.5 Å². The molecule has 0 amide bonds. The second-order valence-electron chi connectivity index (χ2n) is 5.25. The second-order valence-corrected chi connectivity index (χ2v) is 6.18. The fourth-order valence-corrected chi connectivity index (χ4v) is 2.95. The molecular formula is C18H15N2O5S-. The van der Waals surface area contributed by atoms with Gasteiger partial charge in [-0.3, -0.25) is 0 Å². The van der Waals surface area contributed by atoms with E-state index >= 15 is 0 Å². The van der Waals surface area contributed by atoms with Gasteiger partial charge < -0.3 is 23.8 Å². The Balaban J connectivity index is 1.74. The van der Waals surface area contributed by atoms with Gasteiger partial charge in [0, 0.05) is 17.4 Å². The third-order valence-electron chi connectivity index (χ3n) is 3.53. The average molecular weight is 371 g/mol. The smallest absolute Gasteiger partial charge is 0.277 e. The highest BCUT2D eigenvalue weighted by Crippen LogP contribution is 2.31. The molecule has 0 saturated heterocycles. The fraction of sp³-hybridized carbons (Fsp3) is 0.167. The van der Waals surface area contributed by atoms with E-state index in [2.05, 4.69) is 10.2 Å². The predicted octanol–water partition coefficient (Wildman–Crippen LogP) is 2.41. The number of aromatic nitrogens is 2. The Morgan fingerprint density at radius 1 is 1.12 bits per heavy atom. The summed E-state index contributed by atoms with van der Waals surface area (Å²) in [5.74, 6) is 0.860. The average Bonchev–Trinajstić information content (AvgIpc) is 3.15. The van der Waals surface area contributed by atoms with Crippen molar-refractivity contribution in [1.29, 1.82) is 0 Å². The Hall–Kier alpha value is -3.00. The van der Waals surface area contributed by atoms with E-state index in [1.807, 2.05) is 6.07 Å². The minimum absolute atomic E-state index is 0.137. The van der Waals surface area contributed by atoms with Crippen LogP contribution in [-0.2, 0) is 5.75 Å². The van der Waals surface area contributed by atoms with Gasteiger partial charge in [-0.25, -0.2) is 0 Å². The first-order chi connectivity index (χ1) is 12.6. The van der Waals surface area contributed by atoms with Gasteiger partial charge in [0.2, 0.25) is 5.89 Å². The number of rotatable bonds is 7. The van der Waals surface area contributed by atoms with E-state index in [-0.39, 0.29) is 5.56 Å². The van der Waals surface area contributed by atoms with E-state index in [0.717, 1.165) is 5.56 Å². The van der Waals surface area contributed by atoms with Crippen molar-refractivity contribution >= 4 is 17.7 Å². The van der Waals surface area contributed by atoms with Crippen molar-refractivity contribution in [2.75, 3.05) is 14.2 Å². The molecule has 0 fully saturated rings. The van der Waals surface area contributed by atoms with Crippen LogP contribution in [0.5, 0.6) is 11.5 Å². The van der Waals surface area contributed by atoms with Crippen molar-refractivity contribution in [1.82, 2.24) is 10.2 Å². The van der Waals surface area contributed by atoms with Crippen LogP contribution in [0.4, 0.5) is 0 Å². The molecule has 0 aliphatic carbocycles. The summed E-state index contributed by atoms with van der Waals surface area (Å²) in [7, 11) is 3.13. The molecule has 0 unspecified atom stereocenters. The Morgan fingerprint density at radius 2 is 1.85 bits per heavy atom. The monoisotopic (exact) mass is 371 g/mol. The number of hydrogen-bond donors (Lipinski definition) is 0. The van der Waals surface area contributed by atoms with E-state index < -0.39 is 5.97 Å². The van der Waals surface area contributed by atoms with E-state index in [0.29, 0.717) is 33.9 Å². The van der Waals surface area contributed by atoms with Gasteiger partial charge in [-0.15, -0.1) is 10.2 Å². The molecule has 26 heavy (non-hydrogen) atoms. The number of carbonyl (C=O) groups is 1. The highest BCUT2D eigenvalue weighted by atomic mass is 32.2. The van der Waals surface area contributed by atoms with Crippen LogP contribution < -0.4 is 14.6 Å². The first-order valence-electron chi connectivity index (χ1n) is 7.59. The molecule has 0 atom stereocenters. The van der Waals surface area contributed by atoms with Crippen LogP contribution >= 0.6 is 11.8 Å². The molecule has 0 radical (unpaired) electrons. The molecule has 0 bridgehead atoms. The summed E-state index contributed by atoms with van der Waals surface area (Å²) < 4.78 is 16.1. The van der Waals surface area contributed by atoms with E-state index in [1.165, 1.54) is 17.8 Å². The number of thioether (sulfide) groups is 1. The lowest BCUT2D eigenvalue weighted by Crippen LogP contribution is -2.22. The van der Waals surface area contributed by atoms with Gasteiger partial charge in [-0.2, -0.15) is 0 Å². The van der Waals surface area contributed by atoms with Gasteiger partial charge in [0.05, 0.1) is 20.2 Å². The van der Waals surface area contributed by atoms with Crippen molar-refractivity contribution in [2.45, 2.75) is 11.0 Å². The molecule has 0 spiro atoms. The maximum absolute atomic E-state index is 10.9.